The minimum Gasteiger partial charge on any atom is -0.481 e. The van der Waals surface area contributed by atoms with Crippen molar-refractivity contribution in [2.24, 2.45) is 0 Å². The van der Waals surface area contributed by atoms with E-state index in [1.165, 1.54) is 0 Å². The molecule has 0 aromatic carbocycles. The molecule has 0 aromatic heterocycles. The highest BCUT2D eigenvalue weighted by molar-refractivity contribution is 8.59. The normalized spacial score (nSPS) is 28.8. The number of amides is 2. The minimum atomic E-state index is -0.729. The molecule has 0 spiro atoms. The van der Waals surface area contributed by atoms with E-state index >= 15 is 0 Å². The number of carboxylic acids is 1. The molecule has 18 heavy (non-hydrogen) atoms. The summed E-state index contributed by atoms with van der Waals surface area (Å²) in [7, 11) is 0. The molecule has 0 bridgehead atoms. The van der Waals surface area contributed by atoms with Gasteiger partial charge < -0.3 is 15.7 Å². The first-order valence-corrected chi connectivity index (χ1v) is 8.42. The Bertz CT molecular complexity index is 304. The predicted octanol–water partition coefficient (Wildman–Crippen LogP) is 1.56. The van der Waals surface area contributed by atoms with Crippen molar-refractivity contribution in [3.63, 3.8) is 0 Å². The molecule has 0 aromatic rings. The van der Waals surface area contributed by atoms with Gasteiger partial charge in [-0.1, -0.05) is 6.42 Å². The zero-order valence-electron chi connectivity index (χ0n) is 9.83. The number of thioether (sulfide) groups is 1. The van der Waals surface area contributed by atoms with Crippen LogP contribution in [0, 0.1) is 0 Å². The van der Waals surface area contributed by atoms with E-state index in [2.05, 4.69) is 34.0 Å². The van der Waals surface area contributed by atoms with E-state index in [1.54, 1.807) is 0 Å². The molecule has 2 aliphatic heterocycles. The van der Waals surface area contributed by atoms with Crippen molar-refractivity contribution < 1.29 is 14.7 Å². The molecule has 8 heteroatoms. The van der Waals surface area contributed by atoms with E-state index in [0.29, 0.717) is 5.25 Å². The molecule has 0 unspecified atom stereocenters. The number of thiol groups is 2. The van der Waals surface area contributed by atoms with Gasteiger partial charge in [-0.25, -0.2) is 4.79 Å². The summed E-state index contributed by atoms with van der Waals surface area (Å²) in [5.74, 6) is 0.236. The fourth-order valence-corrected chi connectivity index (χ4v) is 3.81. The molecule has 2 rings (SSSR count). The van der Waals surface area contributed by atoms with Gasteiger partial charge in [0, 0.05) is 17.4 Å². The SMILES string of the molecule is O=C(O)CCCC[C@@H]1SC[C@@H]2NC(=O)N[C@@H]21.SS. The van der Waals surface area contributed by atoms with Crippen LogP contribution in [0.4, 0.5) is 4.79 Å². The van der Waals surface area contributed by atoms with Crippen molar-refractivity contribution in [1.29, 1.82) is 0 Å². The summed E-state index contributed by atoms with van der Waals surface area (Å²) in [5, 5.41) is 14.8. The van der Waals surface area contributed by atoms with Gasteiger partial charge in [-0.05, 0) is 12.8 Å². The molecular formula is C10H18N2O3S3. The van der Waals surface area contributed by atoms with Gasteiger partial charge in [-0.2, -0.15) is 11.8 Å². The van der Waals surface area contributed by atoms with Crippen LogP contribution in [0.5, 0.6) is 0 Å². The zero-order valence-corrected chi connectivity index (χ0v) is 12.4. The number of nitrogens with one attached hydrogen (secondary N) is 2. The minimum absolute atomic E-state index is 0.0640. The summed E-state index contributed by atoms with van der Waals surface area (Å²) >= 11 is 8.32. The Labute approximate surface area is 121 Å². The molecule has 0 aliphatic carbocycles. The molecule has 2 amide bonds. The second kappa shape index (κ2) is 8.06. The Morgan fingerprint density at radius 3 is 2.78 bits per heavy atom. The number of carbonyl (C=O) groups is 2. The number of hydrogen-bond donors (Lipinski definition) is 5. The van der Waals surface area contributed by atoms with E-state index in [-0.39, 0.29) is 24.5 Å². The fraction of sp³-hybridized carbons (Fsp3) is 0.800. The van der Waals surface area contributed by atoms with Crippen LogP contribution in [0.15, 0.2) is 0 Å². The highest BCUT2D eigenvalue weighted by Crippen LogP contribution is 2.33. The quantitative estimate of drug-likeness (QED) is 0.231. The Morgan fingerprint density at radius 2 is 2.11 bits per heavy atom. The van der Waals surface area contributed by atoms with Crippen molar-refractivity contribution >= 4 is 47.1 Å². The summed E-state index contributed by atoms with van der Waals surface area (Å²) in [6.45, 7) is 0. The Kier molecular flexibility index (Phi) is 7.10. The van der Waals surface area contributed by atoms with Gasteiger partial charge in [-0.3, -0.25) is 4.79 Å². The van der Waals surface area contributed by atoms with Crippen molar-refractivity contribution in [3.8, 4) is 0 Å². The topological polar surface area (TPSA) is 78.4 Å². The van der Waals surface area contributed by atoms with E-state index < -0.39 is 5.97 Å². The molecule has 3 N–H and O–H groups in total. The summed E-state index contributed by atoms with van der Waals surface area (Å²) in [6, 6.07) is 0.440. The van der Waals surface area contributed by atoms with E-state index in [1.807, 2.05) is 11.8 Å². The lowest BCUT2D eigenvalue weighted by molar-refractivity contribution is -0.137. The van der Waals surface area contributed by atoms with Gasteiger partial charge >= 0.3 is 12.0 Å². The van der Waals surface area contributed by atoms with Gasteiger partial charge in [0.05, 0.1) is 12.1 Å². The van der Waals surface area contributed by atoms with Crippen LogP contribution in [0.2, 0.25) is 0 Å². The lowest BCUT2D eigenvalue weighted by Gasteiger charge is -2.16. The monoisotopic (exact) mass is 310 g/mol. The summed E-state index contributed by atoms with van der Waals surface area (Å²) in [4.78, 5) is 21.5. The van der Waals surface area contributed by atoms with Crippen LogP contribution in [0.3, 0.4) is 0 Å². The fourth-order valence-electron chi connectivity index (χ4n) is 2.26. The maximum absolute atomic E-state index is 11.1. The smallest absolute Gasteiger partial charge is 0.315 e. The average Bonchev–Trinajstić information content (AvgIpc) is 2.87. The molecule has 0 saturated carbocycles. The molecule has 0 radical (unpaired) electrons. The van der Waals surface area contributed by atoms with Gasteiger partial charge in [0.2, 0.25) is 0 Å². The van der Waals surface area contributed by atoms with E-state index in [4.69, 9.17) is 5.11 Å². The third-order valence-electron chi connectivity index (χ3n) is 3.07. The first-order valence-electron chi connectivity index (χ1n) is 5.77. The summed E-state index contributed by atoms with van der Waals surface area (Å²) in [6.07, 6.45) is 2.88. The standard InChI is InChI=1S/C10H16N2O3S.H2S2/c13-8(14)4-2-1-3-7-9-6(5-16-7)11-10(15)12-9;1-2/h6-7,9H,1-5H2,(H,13,14)(H2,11,12,15);1-2H/t6-,7-,9-;/m0./s1. The lowest BCUT2D eigenvalue weighted by atomic mass is 10.0. The predicted molar refractivity (Wildman–Crippen MR) is 79.6 cm³/mol. The second-order valence-corrected chi connectivity index (χ2v) is 5.53. The molecule has 104 valence electrons. The number of aliphatic carboxylic acids is 1. The van der Waals surface area contributed by atoms with Crippen molar-refractivity contribution in [1.82, 2.24) is 10.6 Å². The van der Waals surface area contributed by atoms with Gasteiger partial charge in [0.25, 0.3) is 0 Å². The third-order valence-corrected chi connectivity index (χ3v) is 4.58. The lowest BCUT2D eigenvalue weighted by Crippen LogP contribution is -2.36. The number of unbranched alkanes of at least 4 members (excludes halogenated alkanes) is 1. The number of rotatable bonds is 5. The van der Waals surface area contributed by atoms with Crippen LogP contribution in [0.25, 0.3) is 0 Å². The van der Waals surface area contributed by atoms with Gasteiger partial charge in [-0.15, -0.1) is 23.3 Å². The maximum Gasteiger partial charge on any atom is 0.315 e. The molecule has 2 aliphatic rings. The highest BCUT2D eigenvalue weighted by atomic mass is 33.1. The van der Waals surface area contributed by atoms with Crippen LogP contribution in [-0.4, -0.2) is 40.2 Å². The highest BCUT2D eigenvalue weighted by Gasteiger charge is 2.42. The number of hydrogen-bond acceptors (Lipinski definition) is 5. The number of urea groups is 1. The molecule has 2 saturated heterocycles. The van der Waals surface area contributed by atoms with Gasteiger partial charge in [0.15, 0.2) is 0 Å². The average molecular weight is 310 g/mol. The molecular weight excluding hydrogens is 292 g/mol. The Balaban J connectivity index is 0.000000771. The van der Waals surface area contributed by atoms with Crippen LogP contribution < -0.4 is 10.6 Å². The van der Waals surface area contributed by atoms with Crippen molar-refractivity contribution in [2.75, 3.05) is 5.75 Å². The molecule has 2 fully saturated rings. The number of carboxylic acid groups (broad SMARTS) is 1. The molecule has 2 heterocycles. The largest absolute Gasteiger partial charge is 0.481 e. The van der Waals surface area contributed by atoms with Crippen LogP contribution in [0.1, 0.15) is 25.7 Å². The molecule has 3 atom stereocenters. The third kappa shape index (κ3) is 4.47. The second-order valence-electron chi connectivity index (χ2n) is 4.26. The first kappa shape index (κ1) is 15.8. The van der Waals surface area contributed by atoms with Crippen molar-refractivity contribution in [2.45, 2.75) is 43.0 Å². The maximum atomic E-state index is 11.1. The van der Waals surface area contributed by atoms with E-state index in [0.717, 1.165) is 25.0 Å². The zero-order chi connectivity index (χ0) is 13.5. The number of carbonyl (C=O) groups excluding carboxylic acids is 1. The number of fused-ring (bicyclic) bond motifs is 1. The summed E-state index contributed by atoms with van der Waals surface area (Å²) in [5.41, 5.74) is 0. The van der Waals surface area contributed by atoms with E-state index in [9.17, 15) is 9.59 Å². The Morgan fingerprint density at radius 1 is 1.39 bits per heavy atom. The van der Waals surface area contributed by atoms with Gasteiger partial charge in [0.1, 0.15) is 0 Å². The van der Waals surface area contributed by atoms with Crippen LogP contribution >= 0.6 is 35.1 Å². The molecule has 5 nitrogen and oxygen atoms in total. The Hall–Kier alpha value is -0.210. The van der Waals surface area contributed by atoms with Crippen molar-refractivity contribution in [3.05, 3.63) is 0 Å². The summed E-state index contributed by atoms with van der Waals surface area (Å²) < 4.78 is 0. The first-order chi connectivity index (χ1) is 8.66. The van der Waals surface area contributed by atoms with Crippen LogP contribution in [-0.2, 0) is 4.79 Å².